The molecule has 0 saturated heterocycles. The number of aliphatic hydroxyl groups is 2. The van der Waals surface area contributed by atoms with Gasteiger partial charge in [0.25, 0.3) is 0 Å². The van der Waals surface area contributed by atoms with Gasteiger partial charge >= 0.3 is 0 Å². The average Bonchev–Trinajstić information content (AvgIpc) is 3.29. The number of rotatable bonds is 58. The van der Waals surface area contributed by atoms with Crippen molar-refractivity contribution in [3.63, 3.8) is 0 Å². The highest BCUT2D eigenvalue weighted by atomic mass is 16.3. The first kappa shape index (κ1) is 63.9. The lowest BCUT2D eigenvalue weighted by atomic mass is 9.88. The van der Waals surface area contributed by atoms with Gasteiger partial charge in [-0.05, 0) is 31.6 Å². The standard InChI is InChI=1S/C62H126O2/c1-4-7-10-13-16-18-20-22-24-26-28-30-32-34-36-38-40-46-51-56-61(63)57-52-47-43-42-45-50-55-60(54-49-44-15-12-9-6-3)59-62(64)58-53-48-41-39-37-35-33-31-29-27-25-23-21-19-17-14-11-8-5-2/h60-64H,4-59H2,1-3H3. The highest BCUT2D eigenvalue weighted by Crippen LogP contribution is 2.26. The summed E-state index contributed by atoms with van der Waals surface area (Å²) in [5.41, 5.74) is 0. The molecule has 0 spiro atoms. The smallest absolute Gasteiger partial charge is 0.0542 e. The highest BCUT2D eigenvalue weighted by molar-refractivity contribution is 4.68. The molecule has 0 aromatic rings. The summed E-state index contributed by atoms with van der Waals surface area (Å²) < 4.78 is 0. The molecule has 0 aliphatic carbocycles. The third kappa shape index (κ3) is 54.5. The summed E-state index contributed by atoms with van der Waals surface area (Å²) in [4.78, 5) is 0. The summed E-state index contributed by atoms with van der Waals surface area (Å²) in [6.45, 7) is 6.92. The minimum absolute atomic E-state index is 0.0706. The van der Waals surface area contributed by atoms with Crippen molar-refractivity contribution in [2.24, 2.45) is 5.92 Å². The van der Waals surface area contributed by atoms with Crippen LogP contribution in [-0.2, 0) is 0 Å². The Bertz CT molecular complexity index is 796. The maximum absolute atomic E-state index is 11.0. The molecule has 0 radical (unpaired) electrons. The van der Waals surface area contributed by atoms with Crippen LogP contribution in [0.2, 0.25) is 0 Å². The van der Waals surface area contributed by atoms with E-state index >= 15 is 0 Å². The molecule has 0 aromatic heterocycles. The van der Waals surface area contributed by atoms with Crippen molar-refractivity contribution < 1.29 is 10.2 Å². The average molecular weight is 904 g/mol. The van der Waals surface area contributed by atoms with Gasteiger partial charge in [-0.3, -0.25) is 0 Å². The lowest BCUT2D eigenvalue weighted by Crippen LogP contribution is -2.14. The highest BCUT2D eigenvalue weighted by Gasteiger charge is 2.15. The Hall–Kier alpha value is -0.0800. The van der Waals surface area contributed by atoms with E-state index in [0.717, 1.165) is 31.6 Å². The van der Waals surface area contributed by atoms with Gasteiger partial charge in [0.1, 0.15) is 0 Å². The quantitative estimate of drug-likeness (QED) is 0.0597. The number of hydrogen-bond acceptors (Lipinski definition) is 2. The van der Waals surface area contributed by atoms with Gasteiger partial charge in [0.05, 0.1) is 12.2 Å². The Morgan fingerprint density at radius 1 is 0.188 bits per heavy atom. The fraction of sp³-hybridized carbons (Fsp3) is 1.00. The maximum atomic E-state index is 11.0. The van der Waals surface area contributed by atoms with Crippen LogP contribution >= 0.6 is 0 Å². The molecule has 2 N–H and O–H groups in total. The molecule has 3 atom stereocenters. The lowest BCUT2D eigenvalue weighted by molar-refractivity contribution is 0.123. The zero-order chi connectivity index (χ0) is 46.3. The van der Waals surface area contributed by atoms with Crippen molar-refractivity contribution in [1.29, 1.82) is 0 Å². The Morgan fingerprint density at radius 2 is 0.344 bits per heavy atom. The van der Waals surface area contributed by atoms with E-state index in [1.54, 1.807) is 0 Å². The molecule has 0 heterocycles. The van der Waals surface area contributed by atoms with Gasteiger partial charge in [-0.1, -0.05) is 355 Å². The predicted octanol–water partition coefficient (Wildman–Crippen LogP) is 22.2. The van der Waals surface area contributed by atoms with Crippen molar-refractivity contribution in [3.05, 3.63) is 0 Å². The molecule has 386 valence electrons. The van der Waals surface area contributed by atoms with Crippen LogP contribution in [0.15, 0.2) is 0 Å². The van der Waals surface area contributed by atoms with Crippen molar-refractivity contribution >= 4 is 0 Å². The molecule has 0 aliphatic rings. The van der Waals surface area contributed by atoms with Crippen LogP contribution in [0.1, 0.15) is 380 Å². The van der Waals surface area contributed by atoms with E-state index in [4.69, 9.17) is 0 Å². The second-order valence-corrected chi connectivity index (χ2v) is 22.0. The molecule has 0 rings (SSSR count). The van der Waals surface area contributed by atoms with E-state index in [0.29, 0.717) is 0 Å². The summed E-state index contributed by atoms with van der Waals surface area (Å²) >= 11 is 0. The zero-order valence-electron chi connectivity index (χ0n) is 45.2. The van der Waals surface area contributed by atoms with E-state index < -0.39 is 0 Å². The molecule has 2 nitrogen and oxygen atoms in total. The first-order valence-corrected chi connectivity index (χ1v) is 31.0. The minimum atomic E-state index is -0.0823. The SMILES string of the molecule is CCCCCCCCCCCCCCCCCCCCCC(O)CCCCCCCCC(CCCCCCCC)CC(O)CCCCCCCCCCCCCCCCCCCCC. The van der Waals surface area contributed by atoms with Crippen molar-refractivity contribution in [2.45, 2.75) is 393 Å². The summed E-state index contributed by atoms with van der Waals surface area (Å²) in [5, 5.41) is 21.6. The molecule has 0 amide bonds. The maximum Gasteiger partial charge on any atom is 0.0542 e. The summed E-state index contributed by atoms with van der Waals surface area (Å²) in [7, 11) is 0. The number of unbranched alkanes of at least 4 members (excludes halogenated alkanes) is 46. The van der Waals surface area contributed by atoms with Gasteiger partial charge in [0, 0.05) is 0 Å². The second-order valence-electron chi connectivity index (χ2n) is 22.0. The van der Waals surface area contributed by atoms with Gasteiger partial charge < -0.3 is 10.2 Å². The fourth-order valence-corrected chi connectivity index (χ4v) is 10.7. The Kier molecular flexibility index (Phi) is 57.2. The number of aliphatic hydroxyl groups excluding tert-OH is 2. The van der Waals surface area contributed by atoms with Crippen molar-refractivity contribution in [2.75, 3.05) is 0 Å². The number of hydrogen-bond donors (Lipinski definition) is 2. The third-order valence-corrected chi connectivity index (χ3v) is 15.3. The molecule has 0 aromatic carbocycles. The second kappa shape index (κ2) is 57.2. The van der Waals surface area contributed by atoms with E-state index in [-0.39, 0.29) is 12.2 Å². The van der Waals surface area contributed by atoms with Crippen LogP contribution in [0.3, 0.4) is 0 Å². The molecule has 0 fully saturated rings. The normalized spacial score (nSPS) is 13.3. The Balaban J connectivity index is 3.77. The molecule has 0 aliphatic heterocycles. The van der Waals surface area contributed by atoms with Gasteiger partial charge in [-0.25, -0.2) is 0 Å². The molecule has 0 saturated carbocycles. The van der Waals surface area contributed by atoms with E-state index in [1.165, 1.54) is 334 Å². The summed E-state index contributed by atoms with van der Waals surface area (Å²) in [5.74, 6) is 0.723. The van der Waals surface area contributed by atoms with Crippen LogP contribution in [0.5, 0.6) is 0 Å². The van der Waals surface area contributed by atoms with E-state index in [9.17, 15) is 10.2 Å². The summed E-state index contributed by atoms with van der Waals surface area (Å²) in [6.07, 6.45) is 76.8. The van der Waals surface area contributed by atoms with Gasteiger partial charge in [0.2, 0.25) is 0 Å². The minimum Gasteiger partial charge on any atom is -0.393 e. The van der Waals surface area contributed by atoms with Gasteiger partial charge in [0.15, 0.2) is 0 Å². The fourth-order valence-electron chi connectivity index (χ4n) is 10.7. The molecule has 0 bridgehead atoms. The zero-order valence-corrected chi connectivity index (χ0v) is 45.2. The van der Waals surface area contributed by atoms with Crippen LogP contribution < -0.4 is 0 Å². The molecular formula is C62H126O2. The topological polar surface area (TPSA) is 40.5 Å². The monoisotopic (exact) mass is 903 g/mol. The first-order chi connectivity index (χ1) is 31.6. The van der Waals surface area contributed by atoms with E-state index in [1.807, 2.05) is 0 Å². The van der Waals surface area contributed by atoms with Gasteiger partial charge in [-0.2, -0.15) is 0 Å². The van der Waals surface area contributed by atoms with Crippen LogP contribution in [-0.4, -0.2) is 22.4 Å². The van der Waals surface area contributed by atoms with Crippen LogP contribution in [0.4, 0.5) is 0 Å². The Labute approximate surface area is 407 Å². The van der Waals surface area contributed by atoms with Crippen LogP contribution in [0.25, 0.3) is 0 Å². The molecular weight excluding hydrogens is 777 g/mol. The summed E-state index contributed by atoms with van der Waals surface area (Å²) in [6, 6.07) is 0. The molecule has 3 unspecified atom stereocenters. The largest absolute Gasteiger partial charge is 0.393 e. The van der Waals surface area contributed by atoms with E-state index in [2.05, 4.69) is 20.8 Å². The van der Waals surface area contributed by atoms with Crippen molar-refractivity contribution in [1.82, 2.24) is 0 Å². The van der Waals surface area contributed by atoms with Crippen LogP contribution in [0, 0.1) is 5.92 Å². The predicted molar refractivity (Wildman–Crippen MR) is 291 cm³/mol. The Morgan fingerprint density at radius 3 is 0.547 bits per heavy atom. The van der Waals surface area contributed by atoms with Gasteiger partial charge in [-0.15, -0.1) is 0 Å². The third-order valence-electron chi connectivity index (χ3n) is 15.3. The molecule has 2 heteroatoms. The lowest BCUT2D eigenvalue weighted by Gasteiger charge is -2.21. The first-order valence-electron chi connectivity index (χ1n) is 31.0. The van der Waals surface area contributed by atoms with Crippen molar-refractivity contribution in [3.8, 4) is 0 Å². The molecule has 64 heavy (non-hydrogen) atoms.